The summed E-state index contributed by atoms with van der Waals surface area (Å²) in [4.78, 5) is 5.49. The molecule has 2 aromatic heterocycles. The number of hydrogen-bond donors (Lipinski definition) is 0. The average Bonchev–Trinajstić information content (AvgIpc) is 0.952. The summed E-state index contributed by atoms with van der Waals surface area (Å²) in [7, 11) is 0. The molecule has 2 aliphatic heterocycles. The summed E-state index contributed by atoms with van der Waals surface area (Å²) in [6, 6.07) is 115. The maximum absolute atomic E-state index is 2.74. The van der Waals surface area contributed by atoms with Gasteiger partial charge in [-0.2, -0.15) is 0 Å². The largest absolute Gasteiger partial charge is 0.310 e. The van der Waals surface area contributed by atoms with Gasteiger partial charge in [0.2, 0.25) is 0 Å². The van der Waals surface area contributed by atoms with Gasteiger partial charge in [-0.15, -0.1) is 0 Å². The third-order valence-electron chi connectivity index (χ3n) is 21.0. The second-order valence-corrected chi connectivity index (χ2v) is 27.1. The van der Waals surface area contributed by atoms with E-state index in [9.17, 15) is 0 Å². The Morgan fingerprint density at radius 3 is 0.968 bits per heavy atom. The third kappa shape index (κ3) is 8.88. The van der Waals surface area contributed by atoms with Gasteiger partial charge < -0.3 is 18.9 Å². The fourth-order valence-electron chi connectivity index (χ4n) is 16.6. The Balaban J connectivity index is 1.01. The van der Waals surface area contributed by atoms with Crippen molar-refractivity contribution < 1.29 is 0 Å². The highest BCUT2D eigenvalue weighted by molar-refractivity contribution is 7.00. The maximum atomic E-state index is 2.74. The second-order valence-electron chi connectivity index (χ2n) is 27.1. The first-order valence-electron chi connectivity index (χ1n) is 33.3. The van der Waals surface area contributed by atoms with Crippen LogP contribution in [0.25, 0.3) is 99.5 Å². The minimum Gasteiger partial charge on any atom is -0.310 e. The van der Waals surface area contributed by atoms with E-state index in [-0.39, 0.29) is 12.1 Å². The van der Waals surface area contributed by atoms with E-state index in [0.717, 1.165) is 24.2 Å². The second kappa shape index (κ2) is 21.9. The molecular formula is C88H69BN4. The molecule has 4 heterocycles. The normalized spacial score (nSPS) is 15.2. The van der Waals surface area contributed by atoms with Crippen LogP contribution in [0.5, 0.6) is 0 Å². The molecule has 1 saturated carbocycles. The van der Waals surface area contributed by atoms with E-state index in [0.29, 0.717) is 11.8 Å². The molecular weight excluding hydrogens is 1120 g/mol. The molecule has 15 aromatic rings. The van der Waals surface area contributed by atoms with Crippen molar-refractivity contribution in [1.29, 1.82) is 0 Å². The van der Waals surface area contributed by atoms with Crippen LogP contribution in [0.2, 0.25) is 0 Å². The fourth-order valence-corrected chi connectivity index (χ4v) is 16.6. The van der Waals surface area contributed by atoms with E-state index < -0.39 is 0 Å². The molecule has 1 fully saturated rings. The lowest BCUT2D eigenvalue weighted by Crippen LogP contribution is -2.61. The standard InChI is InChI=1S/C88H69BN4/c1-88(2,3)64-48-46-58(47-49-64)63-54-83-85-84(55-63)93(87-69(61-30-12-6-13-31-61)40-25-41-70(87)62-32-14-7-15-33-62)82-57-66(91-79-44-22-18-36-73(79)74-37-19-23-45-80(74)91)51-53-76(82)89(85)75-52-50-65(90-77-42-20-16-34-71(77)72-35-17-21-43-78(72)90)56-81(75)92(83)86-67(59-26-8-4-9-27-59)38-24-39-68(86)60-28-10-5-11-29-60/h4-45,50-58,64H,46-49H2,1-3H3. The van der Waals surface area contributed by atoms with E-state index in [1.807, 2.05) is 0 Å². The Bertz CT molecular complexity index is 4860. The quantitative estimate of drug-likeness (QED) is 0.134. The average molecular weight is 1190 g/mol. The Kier molecular flexibility index (Phi) is 13.0. The molecule has 0 saturated heterocycles. The maximum Gasteiger partial charge on any atom is 0.252 e. The van der Waals surface area contributed by atoms with Crippen molar-refractivity contribution in [3.05, 3.63) is 309 Å². The lowest BCUT2D eigenvalue weighted by molar-refractivity contribution is 0.169. The van der Waals surface area contributed by atoms with Crippen LogP contribution in [-0.4, -0.2) is 15.8 Å². The molecule has 93 heavy (non-hydrogen) atoms. The zero-order chi connectivity index (χ0) is 61.9. The molecule has 0 unspecified atom stereocenters. The van der Waals surface area contributed by atoms with Crippen LogP contribution in [0.3, 0.4) is 0 Å². The number of anilines is 6. The van der Waals surface area contributed by atoms with Crippen molar-refractivity contribution in [1.82, 2.24) is 9.13 Å². The molecule has 5 heteroatoms. The fraction of sp³-hybridized carbons (Fsp3) is 0.114. The number of aromatic nitrogens is 2. The Labute approximate surface area is 545 Å². The molecule has 0 radical (unpaired) electrons. The van der Waals surface area contributed by atoms with Crippen LogP contribution in [0.1, 0.15) is 57.9 Å². The summed E-state index contributed by atoms with van der Waals surface area (Å²) in [5.74, 6) is 0.982. The van der Waals surface area contributed by atoms with Crippen LogP contribution in [0.4, 0.5) is 34.1 Å². The first kappa shape index (κ1) is 55.0. The third-order valence-corrected chi connectivity index (χ3v) is 21.0. The lowest BCUT2D eigenvalue weighted by atomic mass is 9.33. The minimum atomic E-state index is -0.175. The van der Waals surface area contributed by atoms with Crippen molar-refractivity contribution >= 4 is 101 Å². The lowest BCUT2D eigenvalue weighted by Gasteiger charge is -2.46. The highest BCUT2D eigenvalue weighted by Crippen LogP contribution is 2.55. The number of benzene rings is 13. The van der Waals surface area contributed by atoms with Gasteiger partial charge in [0.05, 0.1) is 33.4 Å². The minimum absolute atomic E-state index is 0.175. The molecule has 13 aromatic carbocycles. The molecule has 3 aliphatic rings. The first-order chi connectivity index (χ1) is 45.8. The molecule has 0 N–H and O–H groups in total. The molecule has 18 rings (SSSR count). The number of para-hydroxylation sites is 6. The van der Waals surface area contributed by atoms with Crippen molar-refractivity contribution in [2.75, 3.05) is 9.80 Å². The summed E-state index contributed by atoms with van der Waals surface area (Å²) in [5.41, 5.74) is 29.0. The van der Waals surface area contributed by atoms with E-state index in [1.54, 1.807) is 0 Å². The highest BCUT2D eigenvalue weighted by Gasteiger charge is 2.46. The molecule has 0 spiro atoms. The summed E-state index contributed by atoms with van der Waals surface area (Å²) >= 11 is 0. The van der Waals surface area contributed by atoms with Crippen molar-refractivity contribution in [3.63, 3.8) is 0 Å². The van der Waals surface area contributed by atoms with Gasteiger partial charge in [-0.25, -0.2) is 0 Å². The van der Waals surface area contributed by atoms with E-state index in [2.05, 4.69) is 343 Å². The van der Waals surface area contributed by atoms with Crippen LogP contribution >= 0.6 is 0 Å². The summed E-state index contributed by atoms with van der Waals surface area (Å²) in [6.45, 7) is 7.19. The molecule has 444 valence electrons. The molecule has 0 amide bonds. The predicted molar refractivity (Wildman–Crippen MR) is 395 cm³/mol. The first-order valence-corrected chi connectivity index (χ1v) is 33.3. The number of hydrogen-bond acceptors (Lipinski definition) is 2. The smallest absolute Gasteiger partial charge is 0.252 e. The number of rotatable bonds is 9. The Hall–Kier alpha value is -10.9. The highest BCUT2D eigenvalue weighted by atomic mass is 15.2. The molecule has 0 atom stereocenters. The summed E-state index contributed by atoms with van der Waals surface area (Å²) in [6.07, 6.45) is 4.63. The van der Waals surface area contributed by atoms with E-state index >= 15 is 0 Å². The monoisotopic (exact) mass is 1190 g/mol. The van der Waals surface area contributed by atoms with E-state index in [4.69, 9.17) is 0 Å². The van der Waals surface area contributed by atoms with Gasteiger partial charge in [0, 0.05) is 77.9 Å². The topological polar surface area (TPSA) is 16.3 Å². The Morgan fingerprint density at radius 1 is 0.312 bits per heavy atom. The van der Waals surface area contributed by atoms with Gasteiger partial charge in [-0.05, 0) is 148 Å². The summed E-state index contributed by atoms with van der Waals surface area (Å²) in [5, 5.41) is 4.98. The molecule has 1 aliphatic carbocycles. The van der Waals surface area contributed by atoms with Gasteiger partial charge in [-0.3, -0.25) is 0 Å². The van der Waals surface area contributed by atoms with Crippen molar-refractivity contribution in [2.24, 2.45) is 11.3 Å². The van der Waals surface area contributed by atoms with Crippen molar-refractivity contribution in [3.8, 4) is 55.9 Å². The van der Waals surface area contributed by atoms with Gasteiger partial charge in [0.1, 0.15) is 0 Å². The predicted octanol–water partition coefficient (Wildman–Crippen LogP) is 22.0. The zero-order valence-corrected chi connectivity index (χ0v) is 52.7. The number of nitrogens with zero attached hydrogens (tertiary/aromatic N) is 4. The van der Waals surface area contributed by atoms with Gasteiger partial charge in [0.15, 0.2) is 0 Å². The van der Waals surface area contributed by atoms with Gasteiger partial charge in [-0.1, -0.05) is 263 Å². The van der Waals surface area contributed by atoms with Crippen molar-refractivity contribution in [2.45, 2.75) is 52.4 Å². The molecule has 4 nitrogen and oxygen atoms in total. The SMILES string of the molecule is CC(C)(C)C1CCC(c2cc3c4c(c2)N(c2c(-c5ccccc5)cccc2-c2ccccc2)c2cc(-n5c6ccccc6c6ccccc65)ccc2B4c2ccc(-n4c5ccccc5c5ccccc54)cc2N3c2c(-c3ccccc3)cccc2-c2ccccc2)CC1. The van der Waals surface area contributed by atoms with Gasteiger partial charge in [0.25, 0.3) is 6.71 Å². The van der Waals surface area contributed by atoms with Crippen LogP contribution in [0, 0.1) is 11.3 Å². The van der Waals surface area contributed by atoms with Crippen LogP contribution < -0.4 is 26.2 Å². The molecule has 0 bridgehead atoms. The zero-order valence-electron chi connectivity index (χ0n) is 52.7. The number of fused-ring (bicyclic) bond motifs is 10. The van der Waals surface area contributed by atoms with Crippen LogP contribution in [-0.2, 0) is 0 Å². The van der Waals surface area contributed by atoms with Crippen LogP contribution in [0.15, 0.2) is 303 Å². The van der Waals surface area contributed by atoms with E-state index in [1.165, 1.54) is 157 Å². The van der Waals surface area contributed by atoms with Gasteiger partial charge >= 0.3 is 0 Å². The summed E-state index contributed by atoms with van der Waals surface area (Å²) < 4.78 is 5.02. The Morgan fingerprint density at radius 2 is 0.634 bits per heavy atom.